The van der Waals surface area contributed by atoms with Crippen LogP contribution in [0.3, 0.4) is 0 Å². The molecule has 0 aliphatic rings. The van der Waals surface area contributed by atoms with E-state index in [1.165, 1.54) is 0 Å². The number of alkyl halides is 1. The molecular weight excluding hydrogens is 184 g/mol. The summed E-state index contributed by atoms with van der Waals surface area (Å²) in [5.74, 6) is 0. The molecule has 0 spiro atoms. The fourth-order valence-corrected chi connectivity index (χ4v) is 1.31. The van der Waals surface area contributed by atoms with E-state index >= 15 is 0 Å². The molecule has 3 heteroatoms. The highest BCUT2D eigenvalue weighted by Gasteiger charge is 2.02. The zero-order valence-corrected chi connectivity index (χ0v) is 7.99. The lowest BCUT2D eigenvalue weighted by atomic mass is 10.2. The van der Waals surface area contributed by atoms with Gasteiger partial charge in [-0.15, -0.1) is 11.6 Å². The van der Waals surface area contributed by atoms with Crippen molar-refractivity contribution in [3.05, 3.63) is 36.2 Å². The normalized spacial score (nSPS) is 13.1. The number of rotatable bonds is 1. The summed E-state index contributed by atoms with van der Waals surface area (Å²) in [6, 6.07) is 5.78. The molecule has 0 saturated heterocycles. The Morgan fingerprint density at radius 3 is 2.92 bits per heavy atom. The van der Waals surface area contributed by atoms with Crippen LogP contribution in [0.25, 0.3) is 11.0 Å². The van der Waals surface area contributed by atoms with Gasteiger partial charge in [0.15, 0.2) is 0 Å². The van der Waals surface area contributed by atoms with Crippen molar-refractivity contribution in [1.29, 1.82) is 0 Å². The Bertz CT molecular complexity index is 426. The van der Waals surface area contributed by atoms with Gasteiger partial charge in [0.2, 0.25) is 0 Å². The van der Waals surface area contributed by atoms with E-state index in [0.29, 0.717) is 0 Å². The lowest BCUT2D eigenvalue weighted by Gasteiger charge is -2.02. The van der Waals surface area contributed by atoms with Gasteiger partial charge in [-0.2, -0.15) is 0 Å². The third-order valence-electron chi connectivity index (χ3n) is 1.93. The van der Waals surface area contributed by atoms with E-state index in [2.05, 4.69) is 9.97 Å². The van der Waals surface area contributed by atoms with Crippen LogP contribution >= 0.6 is 11.6 Å². The van der Waals surface area contributed by atoms with Crippen molar-refractivity contribution in [2.24, 2.45) is 0 Å². The molecule has 2 nitrogen and oxygen atoms in total. The van der Waals surface area contributed by atoms with Crippen LogP contribution in [0.2, 0.25) is 0 Å². The van der Waals surface area contributed by atoms with Gasteiger partial charge in [-0.25, -0.2) is 0 Å². The maximum atomic E-state index is 5.94. The topological polar surface area (TPSA) is 25.8 Å². The summed E-state index contributed by atoms with van der Waals surface area (Å²) in [5, 5.41) is -0.0149. The van der Waals surface area contributed by atoms with Crippen molar-refractivity contribution in [2.75, 3.05) is 0 Å². The number of hydrogen-bond acceptors (Lipinski definition) is 2. The van der Waals surface area contributed by atoms with Gasteiger partial charge in [0, 0.05) is 12.4 Å². The molecule has 2 aromatic rings. The van der Waals surface area contributed by atoms with E-state index < -0.39 is 0 Å². The third kappa shape index (κ3) is 1.63. The molecule has 0 amide bonds. The molecule has 0 bridgehead atoms. The highest BCUT2D eigenvalue weighted by molar-refractivity contribution is 6.20. The molecule has 0 radical (unpaired) electrons. The van der Waals surface area contributed by atoms with Crippen LogP contribution in [0.1, 0.15) is 17.9 Å². The highest BCUT2D eigenvalue weighted by Crippen LogP contribution is 2.20. The molecule has 66 valence electrons. The van der Waals surface area contributed by atoms with Gasteiger partial charge < -0.3 is 0 Å². The zero-order chi connectivity index (χ0) is 9.26. The van der Waals surface area contributed by atoms with Crippen LogP contribution in [0.5, 0.6) is 0 Å². The third-order valence-corrected chi connectivity index (χ3v) is 2.18. The standard InChI is InChI=1S/C10H9ClN2/c1-7(11)8-5-10-9(13-6-8)3-2-4-12-10/h2-7H,1H3. The van der Waals surface area contributed by atoms with E-state index in [0.717, 1.165) is 16.6 Å². The minimum Gasteiger partial charge on any atom is -0.255 e. The molecule has 0 saturated carbocycles. The van der Waals surface area contributed by atoms with Crippen LogP contribution in [0, 0.1) is 0 Å². The summed E-state index contributed by atoms with van der Waals surface area (Å²) in [6.07, 6.45) is 3.55. The SMILES string of the molecule is CC(Cl)c1cnc2cccnc2c1. The van der Waals surface area contributed by atoms with Crippen molar-refractivity contribution >= 4 is 22.6 Å². The maximum absolute atomic E-state index is 5.94. The number of pyridine rings is 2. The van der Waals surface area contributed by atoms with Gasteiger partial charge in [0.1, 0.15) is 0 Å². The molecule has 2 heterocycles. The summed E-state index contributed by atoms with van der Waals surface area (Å²) in [6.45, 7) is 1.92. The average Bonchev–Trinajstić information content (AvgIpc) is 2.17. The minimum absolute atomic E-state index is 0.0149. The van der Waals surface area contributed by atoms with Crippen LogP contribution < -0.4 is 0 Å². The van der Waals surface area contributed by atoms with Crippen LogP contribution in [-0.4, -0.2) is 9.97 Å². The lowest BCUT2D eigenvalue weighted by Crippen LogP contribution is -1.88. The largest absolute Gasteiger partial charge is 0.255 e. The molecule has 2 aromatic heterocycles. The Balaban J connectivity index is 2.62. The van der Waals surface area contributed by atoms with Crippen LogP contribution in [0.4, 0.5) is 0 Å². The van der Waals surface area contributed by atoms with Gasteiger partial charge in [0.05, 0.1) is 16.4 Å². The molecule has 0 aliphatic carbocycles. The van der Waals surface area contributed by atoms with Gasteiger partial charge in [-0.1, -0.05) is 0 Å². The molecule has 0 aliphatic heterocycles. The first-order valence-electron chi connectivity index (χ1n) is 4.12. The zero-order valence-electron chi connectivity index (χ0n) is 7.24. The highest BCUT2D eigenvalue weighted by atomic mass is 35.5. The Morgan fingerprint density at radius 1 is 1.31 bits per heavy atom. The smallest absolute Gasteiger partial charge is 0.0889 e. The Hall–Kier alpha value is -1.15. The Kier molecular flexibility index (Phi) is 2.15. The molecule has 0 N–H and O–H groups in total. The quantitative estimate of drug-likeness (QED) is 0.650. The van der Waals surface area contributed by atoms with Crippen LogP contribution in [0.15, 0.2) is 30.6 Å². The molecule has 2 rings (SSSR count). The molecule has 0 aromatic carbocycles. The van der Waals surface area contributed by atoms with E-state index in [1.54, 1.807) is 12.4 Å². The van der Waals surface area contributed by atoms with Crippen molar-refractivity contribution < 1.29 is 0 Å². The molecule has 0 fully saturated rings. The summed E-state index contributed by atoms with van der Waals surface area (Å²) < 4.78 is 0. The number of aromatic nitrogens is 2. The second-order valence-corrected chi connectivity index (χ2v) is 3.58. The van der Waals surface area contributed by atoms with Gasteiger partial charge in [0.25, 0.3) is 0 Å². The van der Waals surface area contributed by atoms with Crippen LogP contribution in [-0.2, 0) is 0 Å². The monoisotopic (exact) mass is 192 g/mol. The Labute approximate surface area is 81.6 Å². The first-order chi connectivity index (χ1) is 6.27. The number of hydrogen-bond donors (Lipinski definition) is 0. The summed E-state index contributed by atoms with van der Waals surface area (Å²) >= 11 is 5.94. The van der Waals surface area contributed by atoms with Crippen molar-refractivity contribution in [3.63, 3.8) is 0 Å². The summed E-state index contributed by atoms with van der Waals surface area (Å²) in [7, 11) is 0. The molecular formula is C10H9ClN2. The fourth-order valence-electron chi connectivity index (χ4n) is 1.19. The second kappa shape index (κ2) is 3.30. The molecule has 13 heavy (non-hydrogen) atoms. The van der Waals surface area contributed by atoms with Gasteiger partial charge >= 0.3 is 0 Å². The van der Waals surface area contributed by atoms with E-state index in [9.17, 15) is 0 Å². The minimum atomic E-state index is -0.0149. The van der Waals surface area contributed by atoms with E-state index in [4.69, 9.17) is 11.6 Å². The predicted molar refractivity (Wildman–Crippen MR) is 53.8 cm³/mol. The van der Waals surface area contributed by atoms with Crippen molar-refractivity contribution in [2.45, 2.75) is 12.3 Å². The second-order valence-electron chi connectivity index (χ2n) is 2.93. The molecule has 1 unspecified atom stereocenters. The Morgan fingerprint density at radius 2 is 2.15 bits per heavy atom. The number of halogens is 1. The average molecular weight is 193 g/mol. The van der Waals surface area contributed by atoms with Crippen molar-refractivity contribution in [1.82, 2.24) is 9.97 Å². The fraction of sp³-hybridized carbons (Fsp3) is 0.200. The predicted octanol–water partition coefficient (Wildman–Crippen LogP) is 2.93. The first-order valence-corrected chi connectivity index (χ1v) is 4.56. The van der Waals surface area contributed by atoms with E-state index in [-0.39, 0.29) is 5.38 Å². The lowest BCUT2D eigenvalue weighted by molar-refractivity contribution is 1.07. The summed E-state index contributed by atoms with van der Waals surface area (Å²) in [5.41, 5.74) is 2.81. The first kappa shape index (κ1) is 8.45. The number of nitrogens with zero attached hydrogens (tertiary/aromatic N) is 2. The number of fused-ring (bicyclic) bond motifs is 1. The van der Waals surface area contributed by atoms with Gasteiger partial charge in [-0.05, 0) is 30.7 Å². The van der Waals surface area contributed by atoms with Crippen molar-refractivity contribution in [3.8, 4) is 0 Å². The molecule has 1 atom stereocenters. The van der Waals surface area contributed by atoms with Gasteiger partial charge in [-0.3, -0.25) is 9.97 Å². The summed E-state index contributed by atoms with van der Waals surface area (Å²) in [4.78, 5) is 8.46. The maximum Gasteiger partial charge on any atom is 0.0889 e. The van der Waals surface area contributed by atoms with E-state index in [1.807, 2.05) is 25.1 Å².